The lowest BCUT2D eigenvalue weighted by Gasteiger charge is -2.24. The van der Waals surface area contributed by atoms with Crippen molar-refractivity contribution in [1.82, 2.24) is 4.90 Å². The Kier molecular flexibility index (Phi) is 4.93. The van der Waals surface area contributed by atoms with E-state index in [1.165, 1.54) is 5.56 Å². The van der Waals surface area contributed by atoms with E-state index in [2.05, 4.69) is 12.1 Å². The lowest BCUT2D eigenvalue weighted by Crippen LogP contribution is -2.38. The number of nitrogens with two attached hydrogens (primary N) is 1. The van der Waals surface area contributed by atoms with E-state index in [-0.39, 0.29) is 18.2 Å². The topological polar surface area (TPSA) is 55.6 Å². The fourth-order valence-electron chi connectivity index (χ4n) is 3.06. The third-order valence-corrected chi connectivity index (χ3v) is 4.20. The summed E-state index contributed by atoms with van der Waals surface area (Å²) in [4.78, 5) is 14.2. The molecule has 0 aliphatic carbocycles. The zero-order valence-electron chi connectivity index (χ0n) is 13.1. The third-order valence-electron chi connectivity index (χ3n) is 4.20. The first-order valence-electron chi connectivity index (χ1n) is 7.99. The van der Waals surface area contributed by atoms with Crippen LogP contribution >= 0.6 is 0 Å². The van der Waals surface area contributed by atoms with E-state index < -0.39 is 0 Å². The Bertz CT molecular complexity index is 630. The molecule has 120 valence electrons. The van der Waals surface area contributed by atoms with Crippen LogP contribution in [-0.4, -0.2) is 29.6 Å². The van der Waals surface area contributed by atoms with Crippen molar-refractivity contribution in [3.8, 4) is 0 Å². The van der Waals surface area contributed by atoms with E-state index in [0.29, 0.717) is 13.2 Å². The Balaban J connectivity index is 1.61. The van der Waals surface area contributed by atoms with Crippen LogP contribution in [0.2, 0.25) is 0 Å². The summed E-state index contributed by atoms with van der Waals surface area (Å²) in [5.41, 5.74) is 8.27. The van der Waals surface area contributed by atoms with Crippen molar-refractivity contribution in [3.05, 3.63) is 71.8 Å². The normalized spacial score (nSPS) is 20.5. The quantitative estimate of drug-likeness (QED) is 0.944. The molecule has 1 aliphatic heterocycles. The summed E-state index contributed by atoms with van der Waals surface area (Å²) < 4.78 is 5.46. The van der Waals surface area contributed by atoms with Crippen LogP contribution in [0.5, 0.6) is 0 Å². The highest BCUT2D eigenvalue weighted by molar-refractivity contribution is 5.68. The number of nitrogens with zero attached hydrogens (tertiary/aromatic N) is 1. The zero-order valence-corrected chi connectivity index (χ0v) is 13.1. The standard InChI is InChI=1S/C19H22N2O2/c20-17-12-18(11-15-7-3-1-4-8-15)21(13-17)19(22)23-14-16-9-5-2-6-10-16/h1-10,17-18H,11-14,20H2. The van der Waals surface area contributed by atoms with Crippen molar-refractivity contribution < 1.29 is 9.53 Å². The second-order valence-electron chi connectivity index (χ2n) is 6.03. The Morgan fingerprint density at radius 1 is 1.04 bits per heavy atom. The fraction of sp³-hybridized carbons (Fsp3) is 0.316. The van der Waals surface area contributed by atoms with Gasteiger partial charge < -0.3 is 15.4 Å². The molecule has 0 radical (unpaired) electrons. The van der Waals surface area contributed by atoms with Crippen molar-refractivity contribution in [2.24, 2.45) is 5.73 Å². The molecule has 1 fully saturated rings. The minimum Gasteiger partial charge on any atom is -0.445 e. The Labute approximate surface area is 136 Å². The second kappa shape index (κ2) is 7.29. The van der Waals surface area contributed by atoms with Crippen LogP contribution in [-0.2, 0) is 17.8 Å². The van der Waals surface area contributed by atoms with E-state index in [4.69, 9.17) is 10.5 Å². The van der Waals surface area contributed by atoms with Gasteiger partial charge >= 0.3 is 6.09 Å². The first kappa shape index (κ1) is 15.6. The maximum Gasteiger partial charge on any atom is 0.410 e. The van der Waals surface area contributed by atoms with Gasteiger partial charge in [0.2, 0.25) is 0 Å². The predicted octanol–water partition coefficient (Wildman–Crippen LogP) is 2.97. The van der Waals surface area contributed by atoms with Gasteiger partial charge in [-0.05, 0) is 24.0 Å². The summed E-state index contributed by atoms with van der Waals surface area (Å²) in [7, 11) is 0. The Morgan fingerprint density at radius 3 is 2.30 bits per heavy atom. The van der Waals surface area contributed by atoms with Gasteiger partial charge in [-0.1, -0.05) is 60.7 Å². The molecular formula is C19H22N2O2. The van der Waals surface area contributed by atoms with E-state index in [0.717, 1.165) is 18.4 Å². The number of carbonyl (C=O) groups excluding carboxylic acids is 1. The average molecular weight is 310 g/mol. The molecule has 3 rings (SSSR count). The van der Waals surface area contributed by atoms with Gasteiger partial charge in [0.05, 0.1) is 0 Å². The molecule has 2 atom stereocenters. The van der Waals surface area contributed by atoms with Crippen molar-refractivity contribution >= 4 is 6.09 Å². The summed E-state index contributed by atoms with van der Waals surface area (Å²) in [5, 5.41) is 0. The van der Waals surface area contributed by atoms with Crippen molar-refractivity contribution in [2.75, 3.05) is 6.54 Å². The first-order valence-corrected chi connectivity index (χ1v) is 7.99. The van der Waals surface area contributed by atoms with Gasteiger partial charge in [-0.3, -0.25) is 0 Å². The van der Waals surface area contributed by atoms with Gasteiger partial charge in [0, 0.05) is 18.6 Å². The number of amides is 1. The summed E-state index contributed by atoms with van der Waals surface area (Å²) >= 11 is 0. The van der Waals surface area contributed by atoms with Crippen molar-refractivity contribution in [2.45, 2.75) is 31.5 Å². The summed E-state index contributed by atoms with van der Waals surface area (Å²) in [6.07, 6.45) is 1.35. The van der Waals surface area contributed by atoms with Crippen molar-refractivity contribution in [3.63, 3.8) is 0 Å². The van der Waals surface area contributed by atoms with E-state index in [9.17, 15) is 4.79 Å². The molecule has 1 saturated heterocycles. The molecular weight excluding hydrogens is 288 g/mol. The molecule has 2 unspecified atom stereocenters. The molecule has 0 saturated carbocycles. The Morgan fingerprint density at radius 2 is 1.65 bits per heavy atom. The molecule has 2 aromatic carbocycles. The summed E-state index contributed by atoms with van der Waals surface area (Å²) in [5.74, 6) is 0. The van der Waals surface area contributed by atoms with Gasteiger partial charge in [-0.25, -0.2) is 4.79 Å². The van der Waals surface area contributed by atoms with E-state index in [1.807, 2.05) is 48.5 Å². The van der Waals surface area contributed by atoms with Crippen LogP contribution in [0.15, 0.2) is 60.7 Å². The van der Waals surface area contributed by atoms with Gasteiger partial charge in [-0.15, -0.1) is 0 Å². The molecule has 4 heteroatoms. The van der Waals surface area contributed by atoms with E-state index in [1.54, 1.807) is 4.90 Å². The number of likely N-dealkylation sites (tertiary alicyclic amines) is 1. The molecule has 0 bridgehead atoms. The first-order chi connectivity index (χ1) is 11.2. The maximum atomic E-state index is 12.4. The molecule has 0 spiro atoms. The molecule has 23 heavy (non-hydrogen) atoms. The third kappa shape index (κ3) is 4.11. The highest BCUT2D eigenvalue weighted by Crippen LogP contribution is 2.22. The van der Waals surface area contributed by atoms with Crippen LogP contribution in [0.1, 0.15) is 17.5 Å². The van der Waals surface area contributed by atoms with Crippen LogP contribution < -0.4 is 5.73 Å². The lowest BCUT2D eigenvalue weighted by atomic mass is 10.0. The number of hydrogen-bond acceptors (Lipinski definition) is 3. The molecule has 0 aromatic heterocycles. The molecule has 1 heterocycles. The van der Waals surface area contributed by atoms with Gasteiger partial charge in [0.25, 0.3) is 0 Å². The van der Waals surface area contributed by atoms with E-state index >= 15 is 0 Å². The number of benzene rings is 2. The lowest BCUT2D eigenvalue weighted by molar-refractivity contribution is 0.0918. The smallest absolute Gasteiger partial charge is 0.410 e. The minimum atomic E-state index is -0.275. The van der Waals surface area contributed by atoms with Crippen LogP contribution in [0.25, 0.3) is 0 Å². The number of carbonyl (C=O) groups is 1. The number of rotatable bonds is 4. The largest absolute Gasteiger partial charge is 0.445 e. The van der Waals surface area contributed by atoms with Gasteiger partial charge in [0.1, 0.15) is 6.61 Å². The summed E-state index contributed by atoms with van der Waals surface area (Å²) in [6.45, 7) is 0.856. The highest BCUT2D eigenvalue weighted by Gasteiger charge is 2.34. The minimum absolute atomic E-state index is 0.0213. The maximum absolute atomic E-state index is 12.4. The second-order valence-corrected chi connectivity index (χ2v) is 6.03. The molecule has 2 N–H and O–H groups in total. The summed E-state index contributed by atoms with van der Waals surface area (Å²) in [6, 6.07) is 20.0. The van der Waals surface area contributed by atoms with Crippen LogP contribution in [0.4, 0.5) is 4.79 Å². The van der Waals surface area contributed by atoms with Gasteiger partial charge in [0.15, 0.2) is 0 Å². The average Bonchev–Trinajstić information content (AvgIpc) is 2.95. The van der Waals surface area contributed by atoms with Gasteiger partial charge in [-0.2, -0.15) is 0 Å². The molecule has 1 aliphatic rings. The number of hydrogen-bond donors (Lipinski definition) is 1. The monoisotopic (exact) mass is 310 g/mol. The fourth-order valence-corrected chi connectivity index (χ4v) is 3.06. The van der Waals surface area contributed by atoms with Crippen LogP contribution in [0.3, 0.4) is 0 Å². The zero-order chi connectivity index (χ0) is 16.1. The SMILES string of the molecule is NC1CC(Cc2ccccc2)N(C(=O)OCc2ccccc2)C1. The predicted molar refractivity (Wildman–Crippen MR) is 89.9 cm³/mol. The molecule has 4 nitrogen and oxygen atoms in total. The molecule has 1 amide bonds. The highest BCUT2D eigenvalue weighted by atomic mass is 16.6. The van der Waals surface area contributed by atoms with Crippen LogP contribution in [0, 0.1) is 0 Å². The number of ether oxygens (including phenoxy) is 1. The Hall–Kier alpha value is -2.33. The van der Waals surface area contributed by atoms with Crippen molar-refractivity contribution in [1.29, 1.82) is 0 Å². The molecule has 2 aromatic rings.